The lowest BCUT2D eigenvalue weighted by molar-refractivity contribution is 0.380. The molecule has 104 valence electrons. The topological polar surface area (TPSA) is 18.5 Å². The largest absolute Gasteiger partial charge is 0.368 e. The Balaban J connectivity index is 1.85. The molecule has 0 unspecified atom stereocenters. The lowest BCUT2D eigenvalue weighted by atomic mass is 10.2. The molecular formula is C14H20ClN3S. The van der Waals surface area contributed by atoms with Crippen LogP contribution >= 0.6 is 23.8 Å². The Morgan fingerprint density at radius 2 is 1.84 bits per heavy atom. The number of halogens is 1. The zero-order valence-corrected chi connectivity index (χ0v) is 12.8. The van der Waals surface area contributed by atoms with E-state index < -0.39 is 0 Å². The molecular weight excluding hydrogens is 278 g/mol. The highest BCUT2D eigenvalue weighted by atomic mass is 35.5. The predicted molar refractivity (Wildman–Crippen MR) is 86.1 cm³/mol. The van der Waals surface area contributed by atoms with E-state index in [1.165, 1.54) is 5.69 Å². The minimum absolute atomic E-state index is 0.785. The van der Waals surface area contributed by atoms with E-state index in [9.17, 15) is 0 Å². The Kier molecular flexibility index (Phi) is 5.28. The summed E-state index contributed by atoms with van der Waals surface area (Å²) >= 11 is 11.3. The van der Waals surface area contributed by atoms with Crippen LogP contribution in [0.15, 0.2) is 24.3 Å². The summed E-state index contributed by atoms with van der Waals surface area (Å²) in [6.45, 7) is 7.03. The van der Waals surface area contributed by atoms with Gasteiger partial charge in [0.2, 0.25) is 0 Å². The molecule has 5 heteroatoms. The van der Waals surface area contributed by atoms with Crippen molar-refractivity contribution in [3.05, 3.63) is 29.3 Å². The molecule has 1 aromatic rings. The number of hydrogen-bond donors (Lipinski definition) is 1. The maximum Gasteiger partial charge on any atom is 0.169 e. The summed E-state index contributed by atoms with van der Waals surface area (Å²) in [4.78, 5) is 4.62. The van der Waals surface area contributed by atoms with Crippen LogP contribution in [0.5, 0.6) is 0 Å². The smallest absolute Gasteiger partial charge is 0.169 e. The van der Waals surface area contributed by atoms with Gasteiger partial charge in [-0.15, -0.1) is 0 Å². The van der Waals surface area contributed by atoms with Crippen LogP contribution in [0, 0.1) is 0 Å². The molecule has 1 fully saturated rings. The molecule has 1 saturated heterocycles. The van der Waals surface area contributed by atoms with Crippen molar-refractivity contribution >= 4 is 34.6 Å². The van der Waals surface area contributed by atoms with E-state index in [-0.39, 0.29) is 0 Å². The van der Waals surface area contributed by atoms with Gasteiger partial charge in [-0.25, -0.2) is 0 Å². The molecule has 1 aromatic carbocycles. The van der Waals surface area contributed by atoms with Crippen LogP contribution < -0.4 is 10.2 Å². The first-order valence-electron chi connectivity index (χ1n) is 6.74. The van der Waals surface area contributed by atoms with Gasteiger partial charge in [0.05, 0.1) is 0 Å². The maximum absolute atomic E-state index is 5.91. The lowest BCUT2D eigenvalue weighted by Crippen LogP contribution is -2.51. The molecule has 0 radical (unpaired) electrons. The van der Waals surface area contributed by atoms with Crippen LogP contribution in [0.25, 0.3) is 0 Å². The first-order valence-corrected chi connectivity index (χ1v) is 7.52. The van der Waals surface area contributed by atoms with Gasteiger partial charge in [0, 0.05) is 43.4 Å². The molecule has 0 bridgehead atoms. The standard InChI is InChI=1S/C14H20ClN3S/c1-2-7-16-14(19)18-10-8-17(9-11-18)13-5-3-12(15)4-6-13/h3-6H,2,7-11H2,1H3,(H,16,19). The Morgan fingerprint density at radius 1 is 1.21 bits per heavy atom. The minimum atomic E-state index is 0.785. The van der Waals surface area contributed by atoms with Crippen LogP contribution in [0.1, 0.15) is 13.3 Å². The number of piperazine rings is 1. The van der Waals surface area contributed by atoms with E-state index >= 15 is 0 Å². The first-order chi connectivity index (χ1) is 9.20. The van der Waals surface area contributed by atoms with Crippen LogP contribution in [0.4, 0.5) is 5.69 Å². The molecule has 0 saturated carbocycles. The first kappa shape index (κ1) is 14.4. The summed E-state index contributed by atoms with van der Waals surface area (Å²) < 4.78 is 0. The van der Waals surface area contributed by atoms with Gasteiger partial charge in [-0.1, -0.05) is 18.5 Å². The number of nitrogens with zero attached hydrogens (tertiary/aromatic N) is 2. The van der Waals surface area contributed by atoms with Crippen LogP contribution in [0.2, 0.25) is 5.02 Å². The molecule has 0 amide bonds. The lowest BCUT2D eigenvalue weighted by Gasteiger charge is -2.37. The van der Waals surface area contributed by atoms with Crippen molar-refractivity contribution in [3.8, 4) is 0 Å². The molecule has 1 N–H and O–H groups in total. The van der Waals surface area contributed by atoms with Gasteiger partial charge in [-0.05, 0) is 42.9 Å². The highest BCUT2D eigenvalue weighted by Crippen LogP contribution is 2.19. The second-order valence-electron chi connectivity index (χ2n) is 4.68. The van der Waals surface area contributed by atoms with E-state index in [0.29, 0.717) is 0 Å². The van der Waals surface area contributed by atoms with Gasteiger partial charge in [0.25, 0.3) is 0 Å². The molecule has 0 spiro atoms. The molecule has 0 aliphatic carbocycles. The maximum atomic E-state index is 5.91. The second-order valence-corrected chi connectivity index (χ2v) is 5.51. The van der Waals surface area contributed by atoms with Crippen LogP contribution in [0.3, 0.4) is 0 Å². The number of thiocarbonyl (C=S) groups is 1. The average molecular weight is 298 g/mol. The SMILES string of the molecule is CCCNC(=S)N1CCN(c2ccc(Cl)cc2)CC1. The highest BCUT2D eigenvalue weighted by molar-refractivity contribution is 7.80. The Labute approximate surface area is 125 Å². The van der Waals surface area contributed by atoms with Crippen LogP contribution in [-0.2, 0) is 0 Å². The van der Waals surface area contributed by atoms with Gasteiger partial charge >= 0.3 is 0 Å². The average Bonchev–Trinajstić information content (AvgIpc) is 2.46. The second kappa shape index (κ2) is 6.96. The normalized spacial score (nSPS) is 15.5. The van der Waals surface area contributed by atoms with Crippen molar-refractivity contribution in [1.82, 2.24) is 10.2 Å². The van der Waals surface area contributed by atoms with E-state index in [1.54, 1.807) is 0 Å². The van der Waals surface area contributed by atoms with Crippen molar-refractivity contribution in [2.45, 2.75) is 13.3 Å². The van der Waals surface area contributed by atoms with Crippen molar-refractivity contribution in [3.63, 3.8) is 0 Å². The van der Waals surface area contributed by atoms with Gasteiger partial charge in [0.15, 0.2) is 5.11 Å². The third-order valence-corrected chi connectivity index (χ3v) is 3.94. The van der Waals surface area contributed by atoms with E-state index in [2.05, 4.69) is 34.2 Å². The molecule has 0 aromatic heterocycles. The summed E-state index contributed by atoms with van der Waals surface area (Å²) in [5, 5.41) is 4.96. The predicted octanol–water partition coefficient (Wildman–Crippen LogP) is 2.75. The third-order valence-electron chi connectivity index (χ3n) is 3.28. The molecule has 1 aliphatic heterocycles. The number of rotatable bonds is 3. The summed E-state index contributed by atoms with van der Waals surface area (Å²) in [5.74, 6) is 0. The van der Waals surface area contributed by atoms with Gasteiger partial charge in [0.1, 0.15) is 0 Å². The van der Waals surface area contributed by atoms with Crippen molar-refractivity contribution in [1.29, 1.82) is 0 Å². The molecule has 2 rings (SSSR count). The summed E-state index contributed by atoms with van der Waals surface area (Å²) in [7, 11) is 0. The fraction of sp³-hybridized carbons (Fsp3) is 0.500. The van der Waals surface area contributed by atoms with E-state index in [4.69, 9.17) is 23.8 Å². The number of benzene rings is 1. The summed E-state index contributed by atoms with van der Waals surface area (Å²) in [6.07, 6.45) is 1.10. The van der Waals surface area contributed by atoms with Gasteiger partial charge in [-0.3, -0.25) is 0 Å². The van der Waals surface area contributed by atoms with Gasteiger partial charge in [-0.2, -0.15) is 0 Å². The number of hydrogen-bond acceptors (Lipinski definition) is 2. The fourth-order valence-corrected chi connectivity index (χ4v) is 2.57. The Hall–Kier alpha value is -1.00. The summed E-state index contributed by atoms with van der Waals surface area (Å²) in [6, 6.07) is 8.03. The summed E-state index contributed by atoms with van der Waals surface area (Å²) in [5.41, 5.74) is 1.23. The number of nitrogens with one attached hydrogen (secondary N) is 1. The highest BCUT2D eigenvalue weighted by Gasteiger charge is 2.18. The zero-order valence-electron chi connectivity index (χ0n) is 11.2. The zero-order chi connectivity index (χ0) is 13.7. The quantitative estimate of drug-likeness (QED) is 0.865. The molecule has 1 aliphatic rings. The minimum Gasteiger partial charge on any atom is -0.368 e. The van der Waals surface area contributed by atoms with Crippen molar-refractivity contribution < 1.29 is 0 Å². The third kappa shape index (κ3) is 3.98. The molecule has 0 atom stereocenters. The van der Waals surface area contributed by atoms with E-state index in [0.717, 1.165) is 49.3 Å². The Bertz CT molecular complexity index is 413. The molecule has 3 nitrogen and oxygen atoms in total. The van der Waals surface area contributed by atoms with Crippen LogP contribution in [-0.4, -0.2) is 42.7 Å². The monoisotopic (exact) mass is 297 g/mol. The number of anilines is 1. The van der Waals surface area contributed by atoms with Crippen molar-refractivity contribution in [2.75, 3.05) is 37.6 Å². The van der Waals surface area contributed by atoms with E-state index in [1.807, 2.05) is 12.1 Å². The molecule has 19 heavy (non-hydrogen) atoms. The Morgan fingerprint density at radius 3 is 2.42 bits per heavy atom. The van der Waals surface area contributed by atoms with Gasteiger partial charge < -0.3 is 15.1 Å². The molecule has 1 heterocycles. The van der Waals surface area contributed by atoms with Crippen molar-refractivity contribution in [2.24, 2.45) is 0 Å². The fourth-order valence-electron chi connectivity index (χ4n) is 2.16.